The average Bonchev–Trinajstić information content (AvgIpc) is 2.52. The minimum atomic E-state index is -5.81. The summed E-state index contributed by atoms with van der Waals surface area (Å²) >= 11 is 0. The Morgan fingerprint density at radius 2 is 1.57 bits per heavy atom. The molecule has 1 N–H and O–H groups in total. The molecule has 28 heavy (non-hydrogen) atoms. The molecule has 13 heteroatoms. The molecule has 1 aromatic carbocycles. The number of sulfonamides is 1. The van der Waals surface area contributed by atoms with Crippen molar-refractivity contribution in [1.29, 1.82) is 0 Å². The van der Waals surface area contributed by atoms with Crippen LogP contribution in [0.5, 0.6) is 0 Å². The molecule has 158 valence electrons. The number of alkyl halides is 6. The first-order valence-electron chi connectivity index (χ1n) is 7.85. The molecule has 6 nitrogen and oxygen atoms in total. The van der Waals surface area contributed by atoms with Crippen molar-refractivity contribution in [3.63, 3.8) is 0 Å². The first kappa shape index (κ1) is 22.3. The van der Waals surface area contributed by atoms with Gasteiger partial charge >= 0.3 is 18.4 Å². The van der Waals surface area contributed by atoms with Crippen molar-refractivity contribution in [3.05, 3.63) is 29.8 Å². The number of piperazine rings is 1. The lowest BCUT2D eigenvalue weighted by molar-refractivity contribution is -0.299. The smallest absolute Gasteiger partial charge is 0.407 e. The maximum absolute atomic E-state index is 13.1. The van der Waals surface area contributed by atoms with Gasteiger partial charge < -0.3 is 10.0 Å². The minimum Gasteiger partial charge on any atom is -0.465 e. The Morgan fingerprint density at radius 3 is 2.00 bits per heavy atom. The van der Waals surface area contributed by atoms with E-state index in [2.05, 4.69) is 0 Å². The van der Waals surface area contributed by atoms with Gasteiger partial charge in [0.25, 0.3) is 0 Å². The van der Waals surface area contributed by atoms with Crippen LogP contribution in [0.2, 0.25) is 0 Å². The van der Waals surface area contributed by atoms with E-state index in [1.165, 1.54) is 24.3 Å². The van der Waals surface area contributed by atoms with Gasteiger partial charge in [-0.3, -0.25) is 0 Å². The normalized spacial score (nSPS) is 19.9. The van der Waals surface area contributed by atoms with E-state index in [-0.39, 0.29) is 9.80 Å². The number of carboxylic acid groups (broad SMARTS) is 1. The quantitative estimate of drug-likeness (QED) is 0.742. The van der Waals surface area contributed by atoms with E-state index < -0.39 is 60.1 Å². The topological polar surface area (TPSA) is 77.9 Å². The summed E-state index contributed by atoms with van der Waals surface area (Å²) < 4.78 is 104. The van der Waals surface area contributed by atoms with Crippen molar-refractivity contribution >= 4 is 16.1 Å². The number of aryl methyl sites for hydroxylation is 1. The van der Waals surface area contributed by atoms with Gasteiger partial charge in [0.15, 0.2) is 5.92 Å². The predicted molar refractivity (Wildman–Crippen MR) is 84.1 cm³/mol. The van der Waals surface area contributed by atoms with Gasteiger partial charge in [0.05, 0.1) is 10.9 Å². The van der Waals surface area contributed by atoms with Gasteiger partial charge in [-0.1, -0.05) is 17.7 Å². The van der Waals surface area contributed by atoms with Crippen molar-refractivity contribution in [2.24, 2.45) is 5.92 Å². The standard InChI is InChI=1S/C15H16F6N2O4S/c1-9-2-4-10(5-3-9)28(26,27)22-6-7-23(13(24)25)11(8-22)12(14(16,17)18)15(19,20)21/h2-5,11-12H,6-8H2,1H3,(H,24,25). The van der Waals surface area contributed by atoms with Gasteiger partial charge in [-0.2, -0.15) is 30.6 Å². The second kappa shape index (κ2) is 7.43. The van der Waals surface area contributed by atoms with Gasteiger partial charge in [-0.15, -0.1) is 0 Å². The zero-order chi connectivity index (χ0) is 21.5. The highest BCUT2D eigenvalue weighted by Gasteiger charge is 2.63. The molecular weight excluding hydrogens is 418 g/mol. The lowest BCUT2D eigenvalue weighted by Gasteiger charge is -2.43. The molecule has 1 aliphatic rings. The van der Waals surface area contributed by atoms with E-state index in [9.17, 15) is 39.6 Å². The molecule has 1 atom stereocenters. The van der Waals surface area contributed by atoms with Crippen LogP contribution in [0.1, 0.15) is 5.56 Å². The summed E-state index contributed by atoms with van der Waals surface area (Å²) in [5.41, 5.74) is 0.696. The number of benzene rings is 1. The number of nitrogens with zero attached hydrogens (tertiary/aromatic N) is 2. The average molecular weight is 434 g/mol. The molecule has 0 radical (unpaired) electrons. The molecule has 1 aliphatic heterocycles. The van der Waals surface area contributed by atoms with Crippen molar-refractivity contribution in [3.8, 4) is 0 Å². The Kier molecular flexibility index (Phi) is 5.91. The fourth-order valence-corrected chi connectivity index (χ4v) is 4.46. The molecule has 0 aromatic heterocycles. The van der Waals surface area contributed by atoms with E-state index in [0.29, 0.717) is 9.87 Å². The Balaban J connectivity index is 2.45. The largest absolute Gasteiger partial charge is 0.465 e. The van der Waals surface area contributed by atoms with Crippen LogP contribution >= 0.6 is 0 Å². The van der Waals surface area contributed by atoms with Gasteiger partial charge in [0.1, 0.15) is 0 Å². The zero-order valence-electron chi connectivity index (χ0n) is 14.3. The van der Waals surface area contributed by atoms with Crippen molar-refractivity contribution in [2.45, 2.75) is 30.2 Å². The van der Waals surface area contributed by atoms with Crippen molar-refractivity contribution in [2.75, 3.05) is 19.6 Å². The van der Waals surface area contributed by atoms with Gasteiger partial charge in [-0.05, 0) is 19.1 Å². The number of halogens is 6. The second-order valence-electron chi connectivity index (χ2n) is 6.28. The number of hydrogen-bond acceptors (Lipinski definition) is 3. The third-order valence-corrected chi connectivity index (χ3v) is 6.26. The summed E-state index contributed by atoms with van der Waals surface area (Å²) in [4.78, 5) is 10.9. The Morgan fingerprint density at radius 1 is 1.07 bits per heavy atom. The highest BCUT2D eigenvalue weighted by molar-refractivity contribution is 7.89. The van der Waals surface area contributed by atoms with E-state index in [1.54, 1.807) is 6.92 Å². The van der Waals surface area contributed by atoms with E-state index in [4.69, 9.17) is 5.11 Å². The van der Waals surface area contributed by atoms with Crippen LogP contribution in [0.3, 0.4) is 0 Å². The highest BCUT2D eigenvalue weighted by atomic mass is 32.2. The molecule has 1 fully saturated rings. The number of rotatable bonds is 3. The predicted octanol–water partition coefficient (Wildman–Crippen LogP) is 3.09. The summed E-state index contributed by atoms with van der Waals surface area (Å²) in [6, 6.07) is 2.53. The second-order valence-corrected chi connectivity index (χ2v) is 8.22. The molecule has 1 saturated heterocycles. The summed E-state index contributed by atoms with van der Waals surface area (Å²) in [5.74, 6) is -4.02. The molecule has 0 saturated carbocycles. The van der Waals surface area contributed by atoms with Gasteiger partial charge in [0, 0.05) is 19.6 Å². The van der Waals surface area contributed by atoms with Crippen LogP contribution in [-0.4, -0.2) is 66.9 Å². The number of carbonyl (C=O) groups is 1. The molecule has 1 aromatic rings. The molecule has 2 rings (SSSR count). The summed E-state index contributed by atoms with van der Waals surface area (Å²) in [5, 5.41) is 9.05. The van der Waals surface area contributed by atoms with Crippen LogP contribution in [0, 0.1) is 12.8 Å². The monoisotopic (exact) mass is 434 g/mol. The van der Waals surface area contributed by atoms with Gasteiger partial charge in [-0.25, -0.2) is 13.2 Å². The number of amides is 1. The van der Waals surface area contributed by atoms with Crippen molar-refractivity contribution < 1.29 is 44.7 Å². The molecule has 1 heterocycles. The summed E-state index contributed by atoms with van der Waals surface area (Å²) in [6.45, 7) is -1.00. The molecule has 0 aliphatic carbocycles. The summed E-state index contributed by atoms with van der Waals surface area (Å²) in [7, 11) is -4.41. The molecule has 0 bridgehead atoms. The fraction of sp³-hybridized carbons (Fsp3) is 0.533. The number of hydrogen-bond donors (Lipinski definition) is 1. The third kappa shape index (κ3) is 4.51. The maximum atomic E-state index is 13.1. The molecule has 1 amide bonds. The first-order chi connectivity index (χ1) is 12.7. The van der Waals surface area contributed by atoms with E-state index >= 15 is 0 Å². The molecular formula is C15H16F6N2O4S. The van der Waals surface area contributed by atoms with E-state index in [1.807, 2.05) is 0 Å². The lowest BCUT2D eigenvalue weighted by atomic mass is 9.95. The van der Waals surface area contributed by atoms with Crippen LogP contribution in [-0.2, 0) is 10.0 Å². The Hall–Kier alpha value is -2.02. The third-order valence-electron chi connectivity index (χ3n) is 4.38. The molecule has 1 unspecified atom stereocenters. The van der Waals surface area contributed by atoms with Crippen LogP contribution in [0.4, 0.5) is 31.1 Å². The maximum Gasteiger partial charge on any atom is 0.407 e. The van der Waals surface area contributed by atoms with Gasteiger partial charge in [0.2, 0.25) is 10.0 Å². The van der Waals surface area contributed by atoms with Crippen LogP contribution < -0.4 is 0 Å². The highest BCUT2D eigenvalue weighted by Crippen LogP contribution is 2.44. The minimum absolute atomic E-state index is 0.00713. The lowest BCUT2D eigenvalue weighted by Crippen LogP contribution is -2.63. The Labute approximate surface area is 156 Å². The molecule has 0 spiro atoms. The van der Waals surface area contributed by atoms with E-state index in [0.717, 1.165) is 0 Å². The van der Waals surface area contributed by atoms with Crippen LogP contribution in [0.25, 0.3) is 0 Å². The fourth-order valence-electron chi connectivity index (χ4n) is 3.01. The Bertz CT molecular complexity index is 808. The SMILES string of the molecule is Cc1ccc(S(=O)(=O)N2CCN(C(=O)O)C(C(C(F)(F)F)C(F)(F)F)C2)cc1. The summed E-state index contributed by atoms with van der Waals surface area (Å²) in [6.07, 6.45) is -13.6. The van der Waals surface area contributed by atoms with Crippen molar-refractivity contribution in [1.82, 2.24) is 9.21 Å². The van der Waals surface area contributed by atoms with Crippen LogP contribution in [0.15, 0.2) is 29.2 Å². The first-order valence-corrected chi connectivity index (χ1v) is 9.29. The zero-order valence-corrected chi connectivity index (χ0v) is 15.1.